The van der Waals surface area contributed by atoms with Gasteiger partial charge in [-0.25, -0.2) is 13.2 Å². The van der Waals surface area contributed by atoms with Crippen molar-refractivity contribution in [2.45, 2.75) is 108 Å². The van der Waals surface area contributed by atoms with Crippen LogP contribution in [0.15, 0.2) is 12.7 Å². The third-order valence-electron chi connectivity index (χ3n) is 7.88. The van der Waals surface area contributed by atoms with Gasteiger partial charge in [0.1, 0.15) is 17.6 Å². The number of hydrogen-bond donors (Lipinski definition) is 4. The largest absolute Gasteiger partial charge is 0.447 e. The Bertz CT molecular complexity index is 1130. The molecule has 1 aliphatic heterocycles. The number of β-amino-alcohol motifs (C(OH)–C–C–N with tert-alkyl or cyclic N) is 1. The first kappa shape index (κ1) is 30.9. The molecular weight excluding hydrogens is 528 g/mol. The lowest BCUT2D eigenvalue weighted by molar-refractivity contribution is -0.143. The van der Waals surface area contributed by atoms with Crippen molar-refractivity contribution in [2.75, 3.05) is 6.54 Å². The number of sulfonamides is 1. The summed E-state index contributed by atoms with van der Waals surface area (Å²) in [5.41, 5.74) is -2.29. The van der Waals surface area contributed by atoms with E-state index in [0.29, 0.717) is 19.3 Å². The van der Waals surface area contributed by atoms with Gasteiger partial charge in [-0.2, -0.15) is 0 Å². The smallest absolute Gasteiger partial charge is 0.408 e. The van der Waals surface area contributed by atoms with Crippen LogP contribution in [-0.4, -0.2) is 83.4 Å². The molecule has 5 atom stereocenters. The van der Waals surface area contributed by atoms with Gasteiger partial charge >= 0.3 is 6.09 Å². The number of aliphatic hydroxyl groups excluding tert-OH is 1. The lowest BCUT2D eigenvalue weighted by Gasteiger charge is -2.35. The highest BCUT2D eigenvalue weighted by Crippen LogP contribution is 2.48. The molecule has 0 aromatic rings. The van der Waals surface area contributed by atoms with Gasteiger partial charge in [0.25, 0.3) is 5.91 Å². The Morgan fingerprint density at radius 2 is 1.82 bits per heavy atom. The minimum Gasteiger partial charge on any atom is -0.447 e. The van der Waals surface area contributed by atoms with Crippen LogP contribution < -0.4 is 15.4 Å². The molecule has 4 amide bonds. The monoisotopic (exact) mass is 570 g/mol. The Labute approximate surface area is 230 Å². The summed E-state index contributed by atoms with van der Waals surface area (Å²) in [4.78, 5) is 53.9. The van der Waals surface area contributed by atoms with Crippen LogP contribution in [-0.2, 0) is 29.1 Å². The van der Waals surface area contributed by atoms with Gasteiger partial charge in [-0.05, 0) is 44.9 Å². The molecule has 3 fully saturated rings. The summed E-state index contributed by atoms with van der Waals surface area (Å²) in [6, 6.07) is -2.21. The van der Waals surface area contributed by atoms with Gasteiger partial charge in [0.2, 0.25) is 21.8 Å². The fourth-order valence-electron chi connectivity index (χ4n) is 5.10. The Kier molecular flexibility index (Phi) is 8.48. The maximum Gasteiger partial charge on any atom is 0.408 e. The van der Waals surface area contributed by atoms with E-state index in [1.54, 1.807) is 41.5 Å². The number of ether oxygens (including phenoxy) is 1. The minimum absolute atomic E-state index is 0.0847. The first-order valence-corrected chi connectivity index (χ1v) is 14.9. The number of aliphatic hydroxyl groups is 1. The molecule has 12 nitrogen and oxygen atoms in total. The molecule has 0 aromatic carbocycles. The normalized spacial score (nSPS) is 28.3. The number of rotatable bonds is 10. The van der Waals surface area contributed by atoms with E-state index in [0.717, 1.165) is 0 Å². The zero-order valence-corrected chi connectivity index (χ0v) is 24.4. The molecule has 4 N–H and O–H groups in total. The molecule has 39 heavy (non-hydrogen) atoms. The number of nitrogens with one attached hydrogen (secondary N) is 3. The van der Waals surface area contributed by atoms with Gasteiger partial charge in [-0.15, -0.1) is 6.58 Å². The van der Waals surface area contributed by atoms with Crippen molar-refractivity contribution in [1.29, 1.82) is 0 Å². The predicted octanol–water partition coefficient (Wildman–Crippen LogP) is 0.947. The molecule has 0 radical (unpaired) electrons. The van der Waals surface area contributed by atoms with Crippen molar-refractivity contribution >= 4 is 33.8 Å². The molecule has 13 heteroatoms. The maximum atomic E-state index is 13.6. The Hall–Kier alpha value is -2.67. The first-order valence-electron chi connectivity index (χ1n) is 13.4. The molecule has 3 aliphatic rings. The Morgan fingerprint density at radius 1 is 1.21 bits per heavy atom. The number of amides is 4. The van der Waals surface area contributed by atoms with Crippen molar-refractivity contribution in [3.05, 3.63) is 12.7 Å². The summed E-state index contributed by atoms with van der Waals surface area (Å²) in [6.07, 6.45) is 0.619. The fraction of sp³-hybridized carbons (Fsp3) is 0.769. The zero-order valence-electron chi connectivity index (χ0n) is 23.6. The van der Waals surface area contributed by atoms with Crippen molar-refractivity contribution in [1.82, 2.24) is 20.3 Å². The fourth-order valence-corrected chi connectivity index (χ4v) is 6.76. The van der Waals surface area contributed by atoms with E-state index in [2.05, 4.69) is 21.9 Å². The van der Waals surface area contributed by atoms with Gasteiger partial charge in [0.05, 0.1) is 17.0 Å². The van der Waals surface area contributed by atoms with Crippen LogP contribution in [0, 0.1) is 11.3 Å². The van der Waals surface area contributed by atoms with E-state index in [1.165, 1.54) is 11.0 Å². The third kappa shape index (κ3) is 6.24. The zero-order chi connectivity index (χ0) is 29.6. The maximum absolute atomic E-state index is 13.6. The van der Waals surface area contributed by atoms with E-state index in [9.17, 15) is 32.7 Å². The van der Waals surface area contributed by atoms with Gasteiger partial charge in [0.15, 0.2) is 0 Å². The van der Waals surface area contributed by atoms with Crippen molar-refractivity contribution in [2.24, 2.45) is 11.3 Å². The predicted molar refractivity (Wildman–Crippen MR) is 143 cm³/mol. The van der Waals surface area contributed by atoms with Crippen LogP contribution in [0.3, 0.4) is 0 Å². The van der Waals surface area contributed by atoms with Crippen LogP contribution in [0.2, 0.25) is 0 Å². The summed E-state index contributed by atoms with van der Waals surface area (Å²) in [5, 5.41) is 15.6. The standard InChI is InChI=1S/C26H42N4O8S/c1-8-16-13-26(16,22(34)29-39(36,37)25(9-2)10-11-25)28-20(32)18-12-17(31)14-30(18)21(33)19(24(5,6)7)27-23(35)38-15(3)4/h8,15-19,31H,1,9-14H2,2-7H3,(H,27,35)(H,28,32)(H,29,34). The highest BCUT2D eigenvalue weighted by atomic mass is 32.2. The average Bonchev–Trinajstić information content (AvgIpc) is 3.71. The first-order chi connectivity index (χ1) is 17.9. The highest BCUT2D eigenvalue weighted by Gasteiger charge is 2.63. The summed E-state index contributed by atoms with van der Waals surface area (Å²) in [5.74, 6) is -2.64. The molecule has 0 bridgehead atoms. The van der Waals surface area contributed by atoms with Crippen LogP contribution in [0.4, 0.5) is 4.79 Å². The summed E-state index contributed by atoms with van der Waals surface area (Å²) >= 11 is 0. The van der Waals surface area contributed by atoms with Crippen LogP contribution in [0.1, 0.15) is 73.6 Å². The second-order valence-electron chi connectivity index (χ2n) is 12.3. The van der Waals surface area contributed by atoms with Crippen LogP contribution in [0.25, 0.3) is 0 Å². The molecule has 220 valence electrons. The van der Waals surface area contributed by atoms with E-state index in [4.69, 9.17) is 4.74 Å². The van der Waals surface area contributed by atoms with Crippen LogP contribution >= 0.6 is 0 Å². The molecule has 0 aromatic heterocycles. The number of carbonyl (C=O) groups is 4. The van der Waals surface area contributed by atoms with Gasteiger partial charge in [-0.3, -0.25) is 19.1 Å². The van der Waals surface area contributed by atoms with Crippen molar-refractivity contribution < 1.29 is 37.4 Å². The van der Waals surface area contributed by atoms with E-state index >= 15 is 0 Å². The molecule has 1 saturated heterocycles. The second-order valence-corrected chi connectivity index (χ2v) is 14.3. The number of likely N-dealkylation sites (tertiary alicyclic amines) is 1. The molecule has 3 rings (SSSR count). The number of hydrogen-bond acceptors (Lipinski definition) is 8. The summed E-state index contributed by atoms with van der Waals surface area (Å²) < 4.78 is 32.1. The minimum atomic E-state index is -3.95. The summed E-state index contributed by atoms with van der Waals surface area (Å²) in [6.45, 7) is 13.9. The van der Waals surface area contributed by atoms with Gasteiger partial charge in [-0.1, -0.05) is 33.8 Å². The SMILES string of the molecule is C=CC1CC1(NC(=O)C1CC(O)CN1C(=O)C(NC(=O)OC(C)C)C(C)(C)C)C(=O)NS(=O)(=O)C1(CC)CC1. The van der Waals surface area contributed by atoms with Crippen molar-refractivity contribution in [3.8, 4) is 0 Å². The van der Waals surface area contributed by atoms with Crippen LogP contribution in [0.5, 0.6) is 0 Å². The van der Waals surface area contributed by atoms with Crippen molar-refractivity contribution in [3.63, 3.8) is 0 Å². The topological polar surface area (TPSA) is 171 Å². The van der Waals surface area contributed by atoms with E-state index < -0.39 is 79.7 Å². The lowest BCUT2D eigenvalue weighted by Crippen LogP contribution is -2.60. The molecule has 0 spiro atoms. The number of carbonyl (C=O) groups excluding carboxylic acids is 4. The molecular formula is C26H42N4O8S. The molecule has 2 aliphatic carbocycles. The number of alkyl carbamates (subject to hydrolysis) is 1. The average molecular weight is 571 g/mol. The van der Waals surface area contributed by atoms with Gasteiger partial charge < -0.3 is 25.4 Å². The summed E-state index contributed by atoms with van der Waals surface area (Å²) in [7, 11) is -3.95. The second kappa shape index (κ2) is 10.7. The molecule has 1 heterocycles. The Morgan fingerprint density at radius 3 is 2.28 bits per heavy atom. The molecule has 2 saturated carbocycles. The Balaban J connectivity index is 1.80. The quantitative estimate of drug-likeness (QED) is 0.281. The van der Waals surface area contributed by atoms with E-state index in [1.807, 2.05) is 0 Å². The highest BCUT2D eigenvalue weighted by molar-refractivity contribution is 7.91. The number of nitrogens with zero attached hydrogens (tertiary/aromatic N) is 1. The molecule has 5 unspecified atom stereocenters. The van der Waals surface area contributed by atoms with E-state index in [-0.39, 0.29) is 19.4 Å². The third-order valence-corrected chi connectivity index (χ3v) is 10.2. The lowest BCUT2D eigenvalue weighted by atomic mass is 9.85. The van der Waals surface area contributed by atoms with Gasteiger partial charge in [0, 0.05) is 18.9 Å².